The number of para-hydroxylation sites is 1. The van der Waals surface area contributed by atoms with Crippen LogP contribution in [0.15, 0.2) is 71.5 Å². The van der Waals surface area contributed by atoms with Crippen LogP contribution in [-0.2, 0) is 6.61 Å². The zero-order valence-corrected chi connectivity index (χ0v) is 19.4. The second-order valence-corrected chi connectivity index (χ2v) is 8.36. The molecule has 0 saturated carbocycles. The molecule has 1 amide bonds. The van der Waals surface area contributed by atoms with E-state index in [1.54, 1.807) is 18.5 Å². The normalized spacial score (nSPS) is 14.2. The Morgan fingerprint density at radius 1 is 0.969 bits per heavy atom. The van der Waals surface area contributed by atoms with E-state index in [1.165, 1.54) is 0 Å². The maximum Gasteiger partial charge on any atom is 0.255 e. The fourth-order valence-electron chi connectivity index (χ4n) is 3.60. The Morgan fingerprint density at radius 2 is 1.69 bits per heavy atom. The molecule has 0 spiro atoms. The van der Waals surface area contributed by atoms with Crippen LogP contribution in [0.4, 0.5) is 5.95 Å². The molecule has 1 aliphatic rings. The number of ether oxygens (including phenoxy) is 1. The summed E-state index contributed by atoms with van der Waals surface area (Å²) in [7, 11) is 0. The number of benzene rings is 2. The molecule has 0 atom stereocenters. The maximum absolute atomic E-state index is 12.8. The standard InChI is InChI=1S/C24H26BrN5O2/c25-21-8-3-1-6-19(21)18-32-22-9-4-2-7-20(22)23(31)26-12-13-29-14-16-30(17-15-29)24-27-10-5-11-28-24/h1-11H,12-18H2,(H,26,31). The number of carbonyl (C=O) groups excluding carboxylic acids is 1. The fourth-order valence-corrected chi connectivity index (χ4v) is 4.00. The van der Waals surface area contributed by atoms with Crippen LogP contribution in [0.5, 0.6) is 5.75 Å². The number of aromatic nitrogens is 2. The number of rotatable bonds is 8. The van der Waals surface area contributed by atoms with Gasteiger partial charge < -0.3 is 15.0 Å². The topological polar surface area (TPSA) is 70.6 Å². The van der Waals surface area contributed by atoms with Gasteiger partial charge in [0, 0.05) is 61.7 Å². The lowest BCUT2D eigenvalue weighted by Gasteiger charge is -2.34. The number of nitrogens with zero attached hydrogens (tertiary/aromatic N) is 4. The summed E-state index contributed by atoms with van der Waals surface area (Å²) in [6.45, 7) is 5.36. The van der Waals surface area contributed by atoms with Crippen LogP contribution in [-0.4, -0.2) is 60.0 Å². The van der Waals surface area contributed by atoms with Gasteiger partial charge in [-0.1, -0.05) is 46.3 Å². The van der Waals surface area contributed by atoms with Gasteiger partial charge in [0.05, 0.1) is 5.56 Å². The number of anilines is 1. The second-order valence-electron chi connectivity index (χ2n) is 7.51. The van der Waals surface area contributed by atoms with E-state index >= 15 is 0 Å². The van der Waals surface area contributed by atoms with Gasteiger partial charge in [-0.15, -0.1) is 0 Å². The predicted molar refractivity (Wildman–Crippen MR) is 128 cm³/mol. The highest BCUT2D eigenvalue weighted by atomic mass is 79.9. The SMILES string of the molecule is O=C(NCCN1CCN(c2ncccn2)CC1)c1ccccc1OCc1ccccc1Br. The van der Waals surface area contributed by atoms with Crippen LogP contribution in [0.25, 0.3) is 0 Å². The van der Waals surface area contributed by atoms with Crippen LogP contribution in [0.3, 0.4) is 0 Å². The van der Waals surface area contributed by atoms with Crippen molar-refractivity contribution in [2.24, 2.45) is 0 Å². The Kier molecular flexibility index (Phi) is 7.68. The minimum atomic E-state index is -0.121. The average Bonchev–Trinajstić information content (AvgIpc) is 2.85. The first-order valence-electron chi connectivity index (χ1n) is 10.7. The first-order chi connectivity index (χ1) is 15.7. The van der Waals surface area contributed by atoms with E-state index in [0.29, 0.717) is 24.5 Å². The van der Waals surface area contributed by atoms with Crippen LogP contribution in [0.2, 0.25) is 0 Å². The minimum Gasteiger partial charge on any atom is -0.488 e. The first-order valence-corrected chi connectivity index (χ1v) is 11.5. The Balaban J connectivity index is 1.25. The number of carbonyl (C=O) groups is 1. The van der Waals surface area contributed by atoms with Crippen LogP contribution < -0.4 is 15.0 Å². The Labute approximate surface area is 196 Å². The Hall–Kier alpha value is -2.97. The Morgan fingerprint density at radius 3 is 2.47 bits per heavy atom. The van der Waals surface area contributed by atoms with Gasteiger partial charge in [0.2, 0.25) is 5.95 Å². The molecule has 1 aromatic heterocycles. The molecule has 1 N–H and O–H groups in total. The molecule has 1 saturated heterocycles. The molecular weight excluding hydrogens is 470 g/mol. The van der Waals surface area contributed by atoms with E-state index in [2.05, 4.69) is 41.0 Å². The summed E-state index contributed by atoms with van der Waals surface area (Å²) in [6, 6.07) is 17.1. The zero-order chi connectivity index (χ0) is 22.2. The van der Waals surface area contributed by atoms with Crippen molar-refractivity contribution in [3.8, 4) is 5.75 Å². The van der Waals surface area contributed by atoms with Crippen LogP contribution >= 0.6 is 15.9 Å². The van der Waals surface area contributed by atoms with Gasteiger partial charge in [0.1, 0.15) is 12.4 Å². The van der Waals surface area contributed by atoms with Crippen LogP contribution in [0.1, 0.15) is 15.9 Å². The molecule has 4 rings (SSSR count). The molecule has 0 radical (unpaired) electrons. The molecule has 32 heavy (non-hydrogen) atoms. The summed E-state index contributed by atoms with van der Waals surface area (Å²) in [5.41, 5.74) is 1.58. The van der Waals surface area contributed by atoms with E-state index in [0.717, 1.165) is 48.7 Å². The summed E-state index contributed by atoms with van der Waals surface area (Å²) in [5.74, 6) is 1.24. The van der Waals surface area contributed by atoms with Crippen molar-refractivity contribution in [1.82, 2.24) is 20.2 Å². The third kappa shape index (κ3) is 5.83. The number of hydrogen-bond donors (Lipinski definition) is 1. The van der Waals surface area contributed by atoms with Crippen molar-refractivity contribution in [3.05, 3.63) is 82.6 Å². The number of amides is 1. The first kappa shape index (κ1) is 22.2. The van der Waals surface area contributed by atoms with E-state index in [4.69, 9.17) is 4.74 Å². The molecule has 0 bridgehead atoms. The predicted octanol–water partition coefficient (Wildman–Crippen LogP) is 3.37. The summed E-state index contributed by atoms with van der Waals surface area (Å²) in [5, 5.41) is 3.03. The van der Waals surface area contributed by atoms with E-state index < -0.39 is 0 Å². The van der Waals surface area contributed by atoms with Crippen molar-refractivity contribution >= 4 is 27.8 Å². The number of hydrogen-bond acceptors (Lipinski definition) is 6. The van der Waals surface area contributed by atoms with Crippen molar-refractivity contribution < 1.29 is 9.53 Å². The van der Waals surface area contributed by atoms with Crippen molar-refractivity contribution in [1.29, 1.82) is 0 Å². The molecule has 8 heteroatoms. The largest absolute Gasteiger partial charge is 0.488 e. The number of piperazine rings is 1. The van der Waals surface area contributed by atoms with Crippen molar-refractivity contribution in [2.75, 3.05) is 44.2 Å². The highest BCUT2D eigenvalue weighted by molar-refractivity contribution is 9.10. The monoisotopic (exact) mass is 495 g/mol. The van der Waals surface area contributed by atoms with Gasteiger partial charge >= 0.3 is 0 Å². The molecule has 166 valence electrons. The molecule has 3 aromatic rings. The van der Waals surface area contributed by atoms with Gasteiger partial charge in [-0.3, -0.25) is 9.69 Å². The molecule has 0 unspecified atom stereocenters. The van der Waals surface area contributed by atoms with Gasteiger partial charge in [-0.05, 0) is 24.3 Å². The van der Waals surface area contributed by atoms with Gasteiger partial charge in [0.25, 0.3) is 5.91 Å². The summed E-state index contributed by atoms with van der Waals surface area (Å²) >= 11 is 3.53. The minimum absolute atomic E-state index is 0.121. The average molecular weight is 496 g/mol. The fraction of sp³-hybridized carbons (Fsp3) is 0.292. The molecule has 0 aliphatic carbocycles. The molecule has 7 nitrogen and oxygen atoms in total. The zero-order valence-electron chi connectivity index (χ0n) is 17.8. The molecule has 2 heterocycles. The van der Waals surface area contributed by atoms with Gasteiger partial charge in [0.15, 0.2) is 0 Å². The molecule has 2 aromatic carbocycles. The Bertz CT molecular complexity index is 1030. The summed E-state index contributed by atoms with van der Waals surface area (Å²) < 4.78 is 6.94. The highest BCUT2D eigenvalue weighted by Gasteiger charge is 2.19. The van der Waals surface area contributed by atoms with Crippen molar-refractivity contribution in [3.63, 3.8) is 0 Å². The van der Waals surface area contributed by atoms with E-state index in [9.17, 15) is 4.79 Å². The summed E-state index contributed by atoms with van der Waals surface area (Å²) in [4.78, 5) is 25.9. The molecule has 1 fully saturated rings. The lowest BCUT2D eigenvalue weighted by molar-refractivity contribution is 0.0943. The summed E-state index contributed by atoms with van der Waals surface area (Å²) in [6.07, 6.45) is 3.54. The molecular formula is C24H26BrN5O2. The smallest absolute Gasteiger partial charge is 0.255 e. The quantitative estimate of drug-likeness (QED) is 0.516. The molecule has 1 aliphatic heterocycles. The number of nitrogens with one attached hydrogen (secondary N) is 1. The second kappa shape index (κ2) is 11.1. The highest BCUT2D eigenvalue weighted by Crippen LogP contribution is 2.22. The van der Waals surface area contributed by atoms with E-state index in [1.807, 2.05) is 48.5 Å². The lowest BCUT2D eigenvalue weighted by atomic mass is 10.2. The third-order valence-corrected chi connectivity index (χ3v) is 6.17. The third-order valence-electron chi connectivity index (χ3n) is 5.39. The van der Waals surface area contributed by atoms with Crippen molar-refractivity contribution in [2.45, 2.75) is 6.61 Å². The lowest BCUT2D eigenvalue weighted by Crippen LogP contribution is -2.49. The number of halogens is 1. The van der Waals surface area contributed by atoms with Gasteiger partial charge in [-0.25, -0.2) is 9.97 Å². The van der Waals surface area contributed by atoms with Crippen LogP contribution in [0, 0.1) is 0 Å². The van der Waals surface area contributed by atoms with E-state index in [-0.39, 0.29) is 5.91 Å². The maximum atomic E-state index is 12.8. The van der Waals surface area contributed by atoms with Gasteiger partial charge in [-0.2, -0.15) is 0 Å².